The molecule has 1 amide bonds. The van der Waals surface area contributed by atoms with Gasteiger partial charge in [-0.2, -0.15) is 13.2 Å². The molecule has 0 saturated carbocycles. The van der Waals surface area contributed by atoms with E-state index in [9.17, 15) is 31.5 Å². The van der Waals surface area contributed by atoms with Gasteiger partial charge >= 0.3 is 6.18 Å². The zero-order valence-electron chi connectivity index (χ0n) is 13.8. The smallest absolute Gasteiger partial charge is 0.433 e. The molecule has 10 heteroatoms. The summed E-state index contributed by atoms with van der Waals surface area (Å²) in [5.41, 5.74) is -1.61. The molecule has 0 aliphatic rings. The molecular formula is C16H15F3N2O4S. The fraction of sp³-hybridized carbons (Fsp3) is 0.250. The first kappa shape index (κ1) is 19.7. The quantitative estimate of drug-likeness (QED) is 0.785. The molecule has 0 saturated heterocycles. The van der Waals surface area contributed by atoms with E-state index in [0.717, 1.165) is 18.2 Å². The van der Waals surface area contributed by atoms with Crippen LogP contribution in [0.1, 0.15) is 28.7 Å². The van der Waals surface area contributed by atoms with E-state index in [1.54, 1.807) is 0 Å². The van der Waals surface area contributed by atoms with Crippen molar-refractivity contribution in [1.29, 1.82) is 0 Å². The molecule has 140 valence electrons. The first-order valence-corrected chi connectivity index (χ1v) is 9.03. The highest BCUT2D eigenvalue weighted by Crippen LogP contribution is 2.30. The molecule has 0 aliphatic heterocycles. The van der Waals surface area contributed by atoms with Gasteiger partial charge in [0.25, 0.3) is 5.91 Å². The van der Waals surface area contributed by atoms with Crippen LogP contribution >= 0.6 is 0 Å². The highest BCUT2D eigenvalue weighted by Gasteiger charge is 2.33. The number of aromatic hydroxyl groups is 1. The molecule has 0 fully saturated rings. The summed E-state index contributed by atoms with van der Waals surface area (Å²) in [5.74, 6) is -1.39. The summed E-state index contributed by atoms with van der Waals surface area (Å²) in [6.45, 7) is 2.68. The summed E-state index contributed by atoms with van der Waals surface area (Å²) in [6.07, 6.45) is -4.64. The average Bonchev–Trinajstić information content (AvgIpc) is 2.55. The van der Waals surface area contributed by atoms with Crippen molar-refractivity contribution in [1.82, 2.24) is 4.98 Å². The zero-order chi connectivity index (χ0) is 19.7. The highest BCUT2D eigenvalue weighted by atomic mass is 32.2. The Hall–Kier alpha value is -2.62. The number of rotatable bonds is 4. The third kappa shape index (κ3) is 4.13. The SMILES string of the molecule is CCS(=O)(=O)c1ccc(O)c(NC(=O)c2ccc(C(F)(F)F)nc2C)c1. The van der Waals surface area contributed by atoms with E-state index >= 15 is 0 Å². The molecule has 0 unspecified atom stereocenters. The lowest BCUT2D eigenvalue weighted by Crippen LogP contribution is -2.17. The molecule has 2 N–H and O–H groups in total. The Kier molecular flexibility index (Phi) is 5.26. The third-order valence-corrected chi connectivity index (χ3v) is 5.31. The van der Waals surface area contributed by atoms with Crippen LogP contribution in [0.15, 0.2) is 35.2 Å². The van der Waals surface area contributed by atoms with Crippen molar-refractivity contribution in [2.45, 2.75) is 24.9 Å². The fourth-order valence-electron chi connectivity index (χ4n) is 2.12. The Bertz CT molecular complexity index is 956. The number of anilines is 1. The van der Waals surface area contributed by atoms with Crippen molar-refractivity contribution in [3.05, 3.63) is 47.3 Å². The van der Waals surface area contributed by atoms with Gasteiger partial charge in [0, 0.05) is 0 Å². The molecule has 0 bridgehead atoms. The Morgan fingerprint density at radius 2 is 1.88 bits per heavy atom. The number of aryl methyl sites for hydroxylation is 1. The number of hydrogen-bond acceptors (Lipinski definition) is 5. The van der Waals surface area contributed by atoms with Gasteiger partial charge in [0.1, 0.15) is 11.4 Å². The second-order valence-electron chi connectivity index (χ2n) is 5.36. The van der Waals surface area contributed by atoms with Crippen molar-refractivity contribution in [3.8, 4) is 5.75 Å². The molecule has 6 nitrogen and oxygen atoms in total. The maximum absolute atomic E-state index is 12.6. The van der Waals surface area contributed by atoms with Crippen LogP contribution in [0.4, 0.5) is 18.9 Å². The van der Waals surface area contributed by atoms with Crippen LogP contribution in [-0.4, -0.2) is 30.2 Å². The van der Waals surface area contributed by atoms with Gasteiger partial charge in [-0.1, -0.05) is 6.92 Å². The van der Waals surface area contributed by atoms with Crippen molar-refractivity contribution < 1.29 is 31.5 Å². The number of aromatic nitrogens is 1. The highest BCUT2D eigenvalue weighted by molar-refractivity contribution is 7.91. The summed E-state index contributed by atoms with van der Waals surface area (Å²) in [7, 11) is -3.57. The number of alkyl halides is 3. The summed E-state index contributed by atoms with van der Waals surface area (Å²) >= 11 is 0. The second-order valence-corrected chi connectivity index (χ2v) is 7.64. The molecule has 0 aliphatic carbocycles. The third-order valence-electron chi connectivity index (χ3n) is 3.58. The van der Waals surface area contributed by atoms with E-state index in [-0.39, 0.29) is 33.3 Å². The lowest BCUT2D eigenvalue weighted by Gasteiger charge is -2.12. The van der Waals surface area contributed by atoms with Gasteiger partial charge < -0.3 is 10.4 Å². The van der Waals surface area contributed by atoms with Crippen LogP contribution < -0.4 is 5.32 Å². The number of benzene rings is 1. The molecule has 2 aromatic rings. The van der Waals surface area contributed by atoms with Crippen LogP contribution in [-0.2, 0) is 16.0 Å². The minimum atomic E-state index is -4.64. The molecule has 1 heterocycles. The number of carbonyl (C=O) groups excluding carboxylic acids is 1. The number of amides is 1. The number of nitrogens with zero attached hydrogens (tertiary/aromatic N) is 1. The second kappa shape index (κ2) is 6.94. The number of halogens is 3. The van der Waals surface area contributed by atoms with Crippen LogP contribution in [0.5, 0.6) is 5.75 Å². The first-order chi connectivity index (χ1) is 12.0. The minimum Gasteiger partial charge on any atom is -0.506 e. The molecule has 0 spiro atoms. The van der Waals surface area contributed by atoms with Gasteiger partial charge in [0.15, 0.2) is 9.84 Å². The average molecular weight is 388 g/mol. The van der Waals surface area contributed by atoms with Gasteiger partial charge in [-0.15, -0.1) is 0 Å². The number of phenols is 1. The van der Waals surface area contributed by atoms with Gasteiger partial charge in [-0.05, 0) is 37.3 Å². The Labute approximate surface area is 147 Å². The lowest BCUT2D eigenvalue weighted by atomic mass is 10.1. The summed E-state index contributed by atoms with van der Waals surface area (Å²) in [5, 5.41) is 12.1. The summed E-state index contributed by atoms with van der Waals surface area (Å²) in [4.78, 5) is 15.5. The number of hydrogen-bond donors (Lipinski definition) is 2. The topological polar surface area (TPSA) is 96.4 Å². The van der Waals surface area contributed by atoms with Crippen LogP contribution in [0.25, 0.3) is 0 Å². The maximum atomic E-state index is 12.6. The van der Waals surface area contributed by atoms with E-state index in [1.807, 2.05) is 0 Å². The first-order valence-electron chi connectivity index (χ1n) is 7.37. The molecule has 2 rings (SSSR count). The lowest BCUT2D eigenvalue weighted by molar-refractivity contribution is -0.141. The van der Waals surface area contributed by atoms with Crippen LogP contribution in [0.2, 0.25) is 0 Å². The standard InChI is InChI=1S/C16H15F3N2O4S/c1-3-26(24,25)10-4-6-13(22)12(8-10)21-15(23)11-5-7-14(16(17,18)19)20-9(11)2/h4-8,22H,3H2,1-2H3,(H,21,23). The van der Waals surface area contributed by atoms with E-state index in [0.29, 0.717) is 6.07 Å². The van der Waals surface area contributed by atoms with Gasteiger partial charge in [-0.25, -0.2) is 13.4 Å². The largest absolute Gasteiger partial charge is 0.506 e. The molecule has 0 radical (unpaired) electrons. The van der Waals surface area contributed by atoms with Crippen LogP contribution in [0, 0.1) is 6.92 Å². The predicted molar refractivity (Wildman–Crippen MR) is 87.8 cm³/mol. The number of phenolic OH excluding ortho intramolecular Hbond substituents is 1. The molecule has 26 heavy (non-hydrogen) atoms. The monoisotopic (exact) mass is 388 g/mol. The molecular weight excluding hydrogens is 373 g/mol. The number of nitrogens with one attached hydrogen (secondary N) is 1. The Balaban J connectivity index is 2.35. The van der Waals surface area contributed by atoms with E-state index in [1.165, 1.54) is 19.9 Å². The molecule has 1 aromatic carbocycles. The predicted octanol–water partition coefficient (Wildman–Crippen LogP) is 3.16. The van der Waals surface area contributed by atoms with Gasteiger partial charge in [0.2, 0.25) is 0 Å². The Morgan fingerprint density at radius 1 is 1.23 bits per heavy atom. The fourth-order valence-corrected chi connectivity index (χ4v) is 3.03. The maximum Gasteiger partial charge on any atom is 0.433 e. The van der Waals surface area contributed by atoms with Crippen molar-refractivity contribution in [2.24, 2.45) is 0 Å². The van der Waals surface area contributed by atoms with Crippen molar-refractivity contribution in [2.75, 3.05) is 11.1 Å². The number of carbonyl (C=O) groups is 1. The Morgan fingerprint density at radius 3 is 2.42 bits per heavy atom. The normalized spacial score (nSPS) is 12.0. The zero-order valence-corrected chi connectivity index (χ0v) is 14.6. The number of sulfone groups is 1. The molecule has 1 aromatic heterocycles. The van der Waals surface area contributed by atoms with Crippen LogP contribution in [0.3, 0.4) is 0 Å². The van der Waals surface area contributed by atoms with E-state index in [2.05, 4.69) is 10.3 Å². The summed E-state index contributed by atoms with van der Waals surface area (Å²) in [6, 6.07) is 5.01. The number of pyridine rings is 1. The van der Waals surface area contributed by atoms with E-state index in [4.69, 9.17) is 0 Å². The van der Waals surface area contributed by atoms with Crippen molar-refractivity contribution in [3.63, 3.8) is 0 Å². The van der Waals surface area contributed by atoms with Gasteiger partial charge in [-0.3, -0.25) is 4.79 Å². The van der Waals surface area contributed by atoms with Crippen molar-refractivity contribution >= 4 is 21.4 Å². The van der Waals surface area contributed by atoms with E-state index < -0.39 is 27.6 Å². The minimum absolute atomic E-state index is 0.102. The van der Waals surface area contributed by atoms with Gasteiger partial charge in [0.05, 0.1) is 27.6 Å². The molecule has 0 atom stereocenters. The summed E-state index contributed by atoms with van der Waals surface area (Å²) < 4.78 is 61.7.